The number of H-pyrrole nitrogens is 1. The Hall–Kier alpha value is -4.27. The van der Waals surface area contributed by atoms with Crippen LogP contribution in [0.1, 0.15) is 23.7 Å². The van der Waals surface area contributed by atoms with Crippen LogP contribution in [0.5, 0.6) is 5.75 Å². The summed E-state index contributed by atoms with van der Waals surface area (Å²) in [6.45, 7) is 1.73. The van der Waals surface area contributed by atoms with Crippen molar-refractivity contribution < 1.29 is 5.11 Å². The summed E-state index contributed by atoms with van der Waals surface area (Å²) in [6, 6.07) is 22.5. The van der Waals surface area contributed by atoms with E-state index in [1.54, 1.807) is 25.1 Å². The molecule has 0 unspecified atom stereocenters. The minimum absolute atomic E-state index is 0.0203. The van der Waals surface area contributed by atoms with Gasteiger partial charge in [0.2, 0.25) is 0 Å². The molecular weight excluding hydrogens is 446 g/mol. The molecule has 0 saturated heterocycles. The van der Waals surface area contributed by atoms with Crippen molar-refractivity contribution in [3.8, 4) is 39.8 Å². The highest BCUT2D eigenvalue weighted by molar-refractivity contribution is 6.30. The van der Waals surface area contributed by atoms with E-state index in [1.807, 2.05) is 54.6 Å². The Morgan fingerprint density at radius 1 is 1.03 bits per heavy atom. The highest BCUT2D eigenvalue weighted by Gasteiger charge is 2.19. The van der Waals surface area contributed by atoms with E-state index in [0.717, 1.165) is 22.4 Å². The van der Waals surface area contributed by atoms with Crippen molar-refractivity contribution in [2.45, 2.75) is 13.3 Å². The number of hydrogen-bond acceptors (Lipinski definition) is 3. The molecule has 2 heterocycles. The predicted octanol–water partition coefficient (Wildman–Crippen LogP) is 5.68. The predicted molar refractivity (Wildman–Crippen MR) is 135 cm³/mol. The first-order valence-electron chi connectivity index (χ1n) is 10.7. The molecule has 0 aliphatic carbocycles. The quantitative estimate of drug-likeness (QED) is 0.335. The Kier molecular flexibility index (Phi) is 5.67. The Bertz CT molecular complexity index is 1620. The average molecular weight is 466 g/mol. The van der Waals surface area contributed by atoms with E-state index in [4.69, 9.17) is 11.6 Å². The van der Waals surface area contributed by atoms with Gasteiger partial charge in [-0.15, -0.1) is 5.92 Å². The fourth-order valence-corrected chi connectivity index (χ4v) is 4.20. The summed E-state index contributed by atoms with van der Waals surface area (Å²) in [7, 11) is 0. The van der Waals surface area contributed by atoms with Crippen LogP contribution in [0.4, 0.5) is 0 Å². The third-order valence-electron chi connectivity index (χ3n) is 5.65. The third kappa shape index (κ3) is 3.96. The van der Waals surface area contributed by atoms with Gasteiger partial charge in [0.1, 0.15) is 5.75 Å². The van der Waals surface area contributed by atoms with Crippen molar-refractivity contribution in [3.05, 3.63) is 111 Å². The van der Waals surface area contributed by atoms with Gasteiger partial charge in [-0.25, -0.2) is 9.50 Å². The minimum Gasteiger partial charge on any atom is -0.507 e. The highest BCUT2D eigenvalue weighted by Crippen LogP contribution is 2.32. The van der Waals surface area contributed by atoms with Gasteiger partial charge in [0.25, 0.3) is 5.56 Å². The molecule has 0 saturated carbocycles. The van der Waals surface area contributed by atoms with Crippen molar-refractivity contribution in [2.75, 3.05) is 0 Å². The largest absolute Gasteiger partial charge is 0.507 e. The van der Waals surface area contributed by atoms with E-state index in [-0.39, 0.29) is 11.3 Å². The molecule has 2 N–H and O–H groups in total. The number of halogens is 1. The summed E-state index contributed by atoms with van der Waals surface area (Å²) in [5.41, 5.74) is 5.27. The Labute approximate surface area is 201 Å². The summed E-state index contributed by atoms with van der Waals surface area (Å²) in [6.07, 6.45) is 2.10. The van der Waals surface area contributed by atoms with Crippen LogP contribution in [0, 0.1) is 11.8 Å². The monoisotopic (exact) mass is 465 g/mol. The van der Waals surface area contributed by atoms with Crippen molar-refractivity contribution in [2.24, 2.45) is 0 Å². The molecule has 0 atom stereocenters. The molecular formula is C28H20ClN3O2. The molecule has 0 spiro atoms. The molecule has 34 heavy (non-hydrogen) atoms. The number of aromatic amines is 1. The molecule has 0 radical (unpaired) electrons. The molecule has 0 bridgehead atoms. The van der Waals surface area contributed by atoms with Crippen molar-refractivity contribution in [1.82, 2.24) is 14.6 Å². The smallest absolute Gasteiger partial charge is 0.280 e. The summed E-state index contributed by atoms with van der Waals surface area (Å²) in [4.78, 5) is 18.2. The van der Waals surface area contributed by atoms with Crippen molar-refractivity contribution in [1.29, 1.82) is 0 Å². The van der Waals surface area contributed by atoms with Crippen LogP contribution in [0.25, 0.3) is 27.9 Å². The minimum atomic E-state index is -0.302. The van der Waals surface area contributed by atoms with Gasteiger partial charge in [-0.2, -0.15) is 0 Å². The van der Waals surface area contributed by atoms with Crippen molar-refractivity contribution in [3.63, 3.8) is 0 Å². The topological polar surface area (TPSA) is 70.4 Å². The van der Waals surface area contributed by atoms with E-state index in [0.29, 0.717) is 33.8 Å². The van der Waals surface area contributed by atoms with Gasteiger partial charge in [-0.3, -0.25) is 9.89 Å². The molecule has 3 aromatic carbocycles. The maximum atomic E-state index is 13.5. The number of aromatic hydroxyl groups is 1. The number of rotatable bonds is 4. The summed E-state index contributed by atoms with van der Waals surface area (Å²) >= 11 is 6.11. The molecule has 0 aliphatic heterocycles. The first-order chi connectivity index (χ1) is 16.5. The van der Waals surface area contributed by atoms with Crippen LogP contribution in [0.15, 0.2) is 83.8 Å². The lowest BCUT2D eigenvalue weighted by molar-refractivity contribution is 0.477. The molecule has 0 fully saturated rings. The fourth-order valence-electron chi connectivity index (χ4n) is 4.08. The van der Waals surface area contributed by atoms with E-state index in [9.17, 15) is 9.90 Å². The third-order valence-corrected chi connectivity index (χ3v) is 5.90. The number of aromatic nitrogens is 3. The molecule has 0 amide bonds. The van der Waals surface area contributed by atoms with Gasteiger partial charge in [0, 0.05) is 40.0 Å². The SMILES string of the molecule is CC#Cc1ccc(-c2cnc3c(-c4ccc(Cl)cc4)c(Cc4ccccc4)[nH]n3c2=O)c(O)c1. The van der Waals surface area contributed by atoms with E-state index >= 15 is 0 Å². The molecule has 5 rings (SSSR count). The van der Waals surface area contributed by atoms with Gasteiger partial charge >= 0.3 is 0 Å². The molecule has 6 heteroatoms. The number of phenols is 1. The summed E-state index contributed by atoms with van der Waals surface area (Å²) in [5, 5.41) is 14.5. The second kappa shape index (κ2) is 8.93. The number of nitrogens with zero attached hydrogens (tertiary/aromatic N) is 2. The maximum absolute atomic E-state index is 13.5. The molecule has 5 nitrogen and oxygen atoms in total. The van der Waals surface area contributed by atoms with Gasteiger partial charge in [-0.05, 0) is 48.4 Å². The lowest BCUT2D eigenvalue weighted by Crippen LogP contribution is -2.17. The lowest BCUT2D eigenvalue weighted by Gasteiger charge is -2.06. The van der Waals surface area contributed by atoms with Crippen LogP contribution in [0.2, 0.25) is 5.02 Å². The van der Waals surface area contributed by atoms with E-state index < -0.39 is 0 Å². The number of fused-ring (bicyclic) bond motifs is 1. The van der Waals surface area contributed by atoms with E-state index in [2.05, 4.69) is 21.9 Å². The maximum Gasteiger partial charge on any atom is 0.280 e. The van der Waals surface area contributed by atoms with Gasteiger partial charge in [0.05, 0.1) is 5.56 Å². The van der Waals surface area contributed by atoms with Crippen LogP contribution in [-0.4, -0.2) is 19.7 Å². The zero-order chi connectivity index (χ0) is 23.7. The molecule has 5 aromatic rings. The lowest BCUT2D eigenvalue weighted by atomic mass is 10.0. The Balaban J connectivity index is 1.71. The number of phenolic OH excluding ortho intramolecular Hbond substituents is 1. The normalized spacial score (nSPS) is 10.8. The standard InChI is InChI=1S/C28H20ClN3O2/c1-2-6-18-9-14-22(25(33)16-18)23-17-30-27-26(20-10-12-21(29)13-11-20)24(31-32(27)28(23)34)15-19-7-4-3-5-8-19/h3-5,7-14,16-17,31,33H,15H2,1H3. The number of nitrogens with one attached hydrogen (secondary N) is 1. The molecule has 0 aliphatic rings. The molecule has 166 valence electrons. The Morgan fingerprint density at radius 2 is 1.79 bits per heavy atom. The van der Waals surface area contributed by atoms with Crippen LogP contribution < -0.4 is 5.56 Å². The highest BCUT2D eigenvalue weighted by atomic mass is 35.5. The van der Waals surface area contributed by atoms with Gasteiger partial charge in [0.15, 0.2) is 5.65 Å². The zero-order valence-electron chi connectivity index (χ0n) is 18.3. The fraction of sp³-hybridized carbons (Fsp3) is 0.0714. The van der Waals surface area contributed by atoms with E-state index in [1.165, 1.54) is 10.7 Å². The summed E-state index contributed by atoms with van der Waals surface area (Å²) < 4.78 is 1.44. The number of hydrogen-bond donors (Lipinski definition) is 2. The zero-order valence-corrected chi connectivity index (χ0v) is 19.1. The van der Waals surface area contributed by atoms with Crippen LogP contribution >= 0.6 is 11.6 Å². The summed E-state index contributed by atoms with van der Waals surface area (Å²) in [5.74, 6) is 5.68. The van der Waals surface area contributed by atoms with Gasteiger partial charge in [-0.1, -0.05) is 60.0 Å². The number of benzene rings is 3. The second-order valence-electron chi connectivity index (χ2n) is 7.88. The average Bonchev–Trinajstić information content (AvgIpc) is 3.20. The van der Waals surface area contributed by atoms with Crippen LogP contribution in [-0.2, 0) is 6.42 Å². The Morgan fingerprint density at radius 3 is 2.50 bits per heavy atom. The van der Waals surface area contributed by atoms with Gasteiger partial charge < -0.3 is 5.11 Å². The first-order valence-corrected chi connectivity index (χ1v) is 11.1. The first kappa shape index (κ1) is 21.6. The van der Waals surface area contributed by atoms with Crippen molar-refractivity contribution >= 4 is 17.2 Å². The molecule has 2 aromatic heterocycles. The van der Waals surface area contributed by atoms with Crippen LogP contribution in [0.3, 0.4) is 0 Å². The second-order valence-corrected chi connectivity index (χ2v) is 8.31.